The minimum absolute atomic E-state index is 0.295. The van der Waals surface area contributed by atoms with Crippen LogP contribution < -0.4 is 4.74 Å². The number of hydrogen-bond donors (Lipinski definition) is 0. The van der Waals surface area contributed by atoms with Crippen LogP contribution in [0.25, 0.3) is 11.3 Å². The van der Waals surface area contributed by atoms with Gasteiger partial charge in [0.05, 0.1) is 18.9 Å². The molecular weight excluding hydrogens is 340 g/mol. The van der Waals surface area contributed by atoms with E-state index in [4.69, 9.17) is 9.47 Å². The lowest BCUT2D eigenvalue weighted by atomic mass is 10.0. The number of esters is 1. The van der Waals surface area contributed by atoms with E-state index < -0.39 is 5.97 Å². The summed E-state index contributed by atoms with van der Waals surface area (Å²) < 4.78 is 10.8. The smallest absolute Gasteiger partial charge is 0.341 e. The predicted molar refractivity (Wildman–Crippen MR) is 107 cm³/mol. The molecule has 0 aliphatic heterocycles. The Morgan fingerprint density at radius 1 is 1.11 bits per heavy atom. The number of ether oxygens (including phenoxy) is 2. The molecule has 1 heterocycles. The Hall–Kier alpha value is -2.43. The van der Waals surface area contributed by atoms with Gasteiger partial charge in [-0.2, -0.15) is 4.98 Å². The highest BCUT2D eigenvalue weighted by molar-refractivity contribution is 5.95. The highest BCUT2D eigenvalue weighted by atomic mass is 16.5. The standard InChI is InChI=1S/C22H30N2O3/c1-4-17(3)12-8-7-11-15-27-22-23-16-19(21(25)26-5-2)20(24-22)18-13-9-6-10-14-18/h6,9-10,13-14,16-17H,4-5,7-8,11-12,15H2,1-3H3. The molecule has 1 unspecified atom stereocenters. The van der Waals surface area contributed by atoms with Crippen molar-refractivity contribution in [2.75, 3.05) is 13.2 Å². The largest absolute Gasteiger partial charge is 0.463 e. The van der Waals surface area contributed by atoms with Crippen LogP contribution in [0.15, 0.2) is 36.5 Å². The second-order valence-corrected chi connectivity index (χ2v) is 6.71. The van der Waals surface area contributed by atoms with E-state index in [1.807, 2.05) is 30.3 Å². The molecule has 1 atom stereocenters. The summed E-state index contributed by atoms with van der Waals surface area (Å²) in [5.74, 6) is 0.367. The van der Waals surface area contributed by atoms with Gasteiger partial charge in [-0.05, 0) is 19.3 Å². The van der Waals surface area contributed by atoms with Crippen LogP contribution in [0.5, 0.6) is 6.01 Å². The van der Waals surface area contributed by atoms with Gasteiger partial charge < -0.3 is 9.47 Å². The van der Waals surface area contributed by atoms with E-state index in [-0.39, 0.29) is 0 Å². The van der Waals surface area contributed by atoms with Gasteiger partial charge in [0.15, 0.2) is 0 Å². The number of nitrogens with zero attached hydrogens (tertiary/aromatic N) is 2. The molecule has 1 aromatic carbocycles. The van der Waals surface area contributed by atoms with Crippen molar-refractivity contribution in [2.45, 2.75) is 52.9 Å². The van der Waals surface area contributed by atoms with Gasteiger partial charge in [-0.1, -0.05) is 69.9 Å². The summed E-state index contributed by atoms with van der Waals surface area (Å²) in [6.45, 7) is 7.19. The number of unbranched alkanes of at least 4 members (excludes halogenated alkanes) is 2. The molecule has 146 valence electrons. The van der Waals surface area contributed by atoms with E-state index in [0.29, 0.717) is 30.5 Å². The minimum Gasteiger partial charge on any atom is -0.463 e. The van der Waals surface area contributed by atoms with E-state index in [0.717, 1.165) is 24.3 Å². The first-order chi connectivity index (χ1) is 13.2. The molecule has 0 bridgehead atoms. The summed E-state index contributed by atoms with van der Waals surface area (Å²) in [5, 5.41) is 0. The van der Waals surface area contributed by atoms with Crippen molar-refractivity contribution in [2.24, 2.45) is 5.92 Å². The fourth-order valence-electron chi connectivity index (χ4n) is 2.75. The van der Waals surface area contributed by atoms with Crippen LogP contribution in [0, 0.1) is 5.92 Å². The Kier molecular flexibility index (Phi) is 8.75. The first kappa shape index (κ1) is 20.9. The van der Waals surface area contributed by atoms with Crippen LogP contribution in [0.4, 0.5) is 0 Å². The Bertz CT molecular complexity index is 704. The van der Waals surface area contributed by atoms with E-state index >= 15 is 0 Å². The normalized spacial score (nSPS) is 11.8. The molecule has 5 nitrogen and oxygen atoms in total. The summed E-state index contributed by atoms with van der Waals surface area (Å²) in [6.07, 6.45) is 7.32. The number of benzene rings is 1. The summed E-state index contributed by atoms with van der Waals surface area (Å²) in [5.41, 5.74) is 1.72. The Balaban J connectivity index is 2.01. The Morgan fingerprint density at radius 3 is 2.59 bits per heavy atom. The van der Waals surface area contributed by atoms with Crippen molar-refractivity contribution in [1.82, 2.24) is 9.97 Å². The SMILES string of the molecule is CCOC(=O)c1cnc(OCCCCCC(C)CC)nc1-c1ccccc1. The molecule has 0 saturated heterocycles. The molecule has 0 fully saturated rings. The summed E-state index contributed by atoms with van der Waals surface area (Å²) in [7, 11) is 0. The lowest BCUT2D eigenvalue weighted by Crippen LogP contribution is -2.10. The Labute approximate surface area is 162 Å². The van der Waals surface area contributed by atoms with Crippen molar-refractivity contribution < 1.29 is 14.3 Å². The van der Waals surface area contributed by atoms with Crippen LogP contribution in [0.2, 0.25) is 0 Å². The molecular formula is C22H30N2O3. The maximum absolute atomic E-state index is 12.2. The molecule has 0 amide bonds. The third-order valence-electron chi connectivity index (χ3n) is 4.58. The molecule has 0 radical (unpaired) electrons. The lowest BCUT2D eigenvalue weighted by Gasteiger charge is -2.11. The van der Waals surface area contributed by atoms with Crippen LogP contribution in [0.3, 0.4) is 0 Å². The summed E-state index contributed by atoms with van der Waals surface area (Å²) in [4.78, 5) is 20.9. The highest BCUT2D eigenvalue weighted by Crippen LogP contribution is 2.23. The fourth-order valence-corrected chi connectivity index (χ4v) is 2.75. The van der Waals surface area contributed by atoms with Crippen molar-refractivity contribution in [3.63, 3.8) is 0 Å². The Morgan fingerprint density at radius 2 is 1.89 bits per heavy atom. The van der Waals surface area contributed by atoms with Gasteiger partial charge in [0, 0.05) is 11.8 Å². The van der Waals surface area contributed by atoms with Crippen LogP contribution in [0.1, 0.15) is 63.2 Å². The monoisotopic (exact) mass is 370 g/mol. The van der Waals surface area contributed by atoms with E-state index in [1.54, 1.807) is 6.92 Å². The van der Waals surface area contributed by atoms with Gasteiger partial charge in [-0.25, -0.2) is 9.78 Å². The molecule has 2 aromatic rings. The zero-order chi connectivity index (χ0) is 19.5. The number of aromatic nitrogens is 2. The van der Waals surface area contributed by atoms with Gasteiger partial charge >= 0.3 is 12.0 Å². The first-order valence-corrected chi connectivity index (χ1v) is 9.88. The van der Waals surface area contributed by atoms with Gasteiger partial charge in [0.1, 0.15) is 5.56 Å². The zero-order valence-electron chi connectivity index (χ0n) is 16.6. The molecule has 0 saturated carbocycles. The van der Waals surface area contributed by atoms with Gasteiger partial charge in [0.25, 0.3) is 0 Å². The third kappa shape index (κ3) is 6.66. The number of carbonyl (C=O) groups is 1. The second-order valence-electron chi connectivity index (χ2n) is 6.71. The molecule has 2 rings (SSSR count). The maximum atomic E-state index is 12.2. The molecule has 0 aliphatic rings. The summed E-state index contributed by atoms with van der Waals surface area (Å²) >= 11 is 0. The third-order valence-corrected chi connectivity index (χ3v) is 4.58. The number of rotatable bonds is 11. The average Bonchev–Trinajstić information content (AvgIpc) is 2.71. The predicted octanol–water partition coefficient (Wildman–Crippen LogP) is 5.31. The number of carbonyl (C=O) groups excluding carboxylic acids is 1. The van der Waals surface area contributed by atoms with E-state index in [9.17, 15) is 4.79 Å². The second kappa shape index (κ2) is 11.3. The van der Waals surface area contributed by atoms with Gasteiger partial charge in [-0.3, -0.25) is 0 Å². The van der Waals surface area contributed by atoms with Crippen molar-refractivity contribution >= 4 is 5.97 Å². The topological polar surface area (TPSA) is 61.3 Å². The van der Waals surface area contributed by atoms with Crippen molar-refractivity contribution in [3.05, 3.63) is 42.1 Å². The van der Waals surface area contributed by atoms with Crippen LogP contribution in [-0.2, 0) is 4.74 Å². The van der Waals surface area contributed by atoms with Crippen LogP contribution >= 0.6 is 0 Å². The maximum Gasteiger partial charge on any atom is 0.341 e. The molecule has 0 spiro atoms. The first-order valence-electron chi connectivity index (χ1n) is 9.88. The molecule has 0 aliphatic carbocycles. The van der Waals surface area contributed by atoms with Gasteiger partial charge in [0.2, 0.25) is 0 Å². The molecule has 1 aromatic heterocycles. The number of hydrogen-bond acceptors (Lipinski definition) is 5. The van der Waals surface area contributed by atoms with Crippen molar-refractivity contribution in [3.8, 4) is 17.3 Å². The minimum atomic E-state index is -0.423. The summed E-state index contributed by atoms with van der Waals surface area (Å²) in [6, 6.07) is 9.84. The lowest BCUT2D eigenvalue weighted by molar-refractivity contribution is 0.0526. The molecule has 5 heteroatoms. The molecule has 27 heavy (non-hydrogen) atoms. The van der Waals surface area contributed by atoms with E-state index in [1.165, 1.54) is 25.5 Å². The average molecular weight is 370 g/mol. The van der Waals surface area contributed by atoms with Crippen molar-refractivity contribution in [1.29, 1.82) is 0 Å². The zero-order valence-corrected chi connectivity index (χ0v) is 16.6. The van der Waals surface area contributed by atoms with Crippen LogP contribution in [-0.4, -0.2) is 29.2 Å². The quantitative estimate of drug-likeness (QED) is 0.396. The highest BCUT2D eigenvalue weighted by Gasteiger charge is 2.17. The van der Waals surface area contributed by atoms with E-state index in [2.05, 4.69) is 23.8 Å². The fraction of sp³-hybridized carbons (Fsp3) is 0.500. The van der Waals surface area contributed by atoms with Gasteiger partial charge in [-0.15, -0.1) is 0 Å². The molecule has 0 N–H and O–H groups in total.